The second kappa shape index (κ2) is 5.71. The summed E-state index contributed by atoms with van der Waals surface area (Å²) in [5, 5.41) is 8.54. The lowest BCUT2D eigenvalue weighted by Gasteiger charge is -2.11. The van der Waals surface area contributed by atoms with E-state index in [2.05, 4.69) is 12.1 Å². The normalized spacial score (nSPS) is 16.0. The van der Waals surface area contributed by atoms with E-state index < -0.39 is 5.97 Å². The van der Waals surface area contributed by atoms with E-state index >= 15 is 0 Å². The smallest absolute Gasteiger partial charge is 0.306 e. The van der Waals surface area contributed by atoms with Crippen LogP contribution in [0.3, 0.4) is 0 Å². The fourth-order valence-electron chi connectivity index (χ4n) is 2.37. The van der Waals surface area contributed by atoms with Gasteiger partial charge in [0.25, 0.3) is 0 Å². The molecule has 3 nitrogen and oxygen atoms in total. The molecule has 3 heteroatoms. The molecule has 0 spiro atoms. The third kappa shape index (κ3) is 3.48. The molecule has 17 heavy (non-hydrogen) atoms. The lowest BCUT2D eigenvalue weighted by Crippen LogP contribution is -2.05. The van der Waals surface area contributed by atoms with Gasteiger partial charge >= 0.3 is 5.97 Å². The van der Waals surface area contributed by atoms with Gasteiger partial charge in [0.1, 0.15) is 5.75 Å². The number of hydrogen-bond acceptors (Lipinski definition) is 2. The Morgan fingerprint density at radius 2 is 2.12 bits per heavy atom. The second-order valence-corrected chi connectivity index (χ2v) is 4.55. The third-order valence-electron chi connectivity index (χ3n) is 3.27. The number of carbonyl (C=O) groups is 1. The van der Waals surface area contributed by atoms with Gasteiger partial charge in [0.2, 0.25) is 0 Å². The van der Waals surface area contributed by atoms with E-state index in [9.17, 15) is 4.79 Å². The summed E-state index contributed by atoms with van der Waals surface area (Å²) in [6.45, 7) is 0.240. The van der Waals surface area contributed by atoms with Gasteiger partial charge in [-0.15, -0.1) is 0 Å². The number of benzene rings is 1. The summed E-state index contributed by atoms with van der Waals surface area (Å²) in [6.07, 6.45) is 5.20. The summed E-state index contributed by atoms with van der Waals surface area (Å²) in [5.74, 6) is 0.630. The highest BCUT2D eigenvalue weighted by Crippen LogP contribution is 2.35. The lowest BCUT2D eigenvalue weighted by atomic mass is 9.98. The standard InChI is InChI=1S/C14H18O3/c15-14(16)8-9-17-13-7-3-6-12(10-13)11-4-1-2-5-11/h3,6-7,10-11H,1-2,4-5,8-9H2,(H,15,16). The van der Waals surface area contributed by atoms with Crippen LogP contribution in [0.25, 0.3) is 0 Å². The van der Waals surface area contributed by atoms with E-state index in [0.717, 1.165) is 5.75 Å². The van der Waals surface area contributed by atoms with Crippen molar-refractivity contribution < 1.29 is 14.6 Å². The van der Waals surface area contributed by atoms with Crippen molar-refractivity contribution in [3.8, 4) is 5.75 Å². The minimum atomic E-state index is -0.822. The molecule has 1 N–H and O–H groups in total. The first kappa shape index (κ1) is 12.0. The fourth-order valence-corrected chi connectivity index (χ4v) is 2.37. The van der Waals surface area contributed by atoms with Gasteiger partial charge < -0.3 is 9.84 Å². The number of ether oxygens (including phenoxy) is 1. The van der Waals surface area contributed by atoms with Crippen LogP contribution >= 0.6 is 0 Å². The summed E-state index contributed by atoms with van der Waals surface area (Å²) < 4.78 is 5.44. The van der Waals surface area contributed by atoms with Crippen molar-refractivity contribution in [1.29, 1.82) is 0 Å². The van der Waals surface area contributed by atoms with Crippen LogP contribution in [0.2, 0.25) is 0 Å². The Bertz CT molecular complexity index is 381. The Morgan fingerprint density at radius 3 is 2.82 bits per heavy atom. The van der Waals surface area contributed by atoms with Crippen LogP contribution in [0.4, 0.5) is 0 Å². The van der Waals surface area contributed by atoms with Crippen LogP contribution in [0.15, 0.2) is 24.3 Å². The highest BCUT2D eigenvalue weighted by Gasteiger charge is 2.17. The topological polar surface area (TPSA) is 46.5 Å². The maximum atomic E-state index is 10.4. The van der Waals surface area contributed by atoms with Gasteiger partial charge in [-0.2, -0.15) is 0 Å². The second-order valence-electron chi connectivity index (χ2n) is 4.55. The third-order valence-corrected chi connectivity index (χ3v) is 3.27. The minimum Gasteiger partial charge on any atom is -0.493 e. The Kier molecular flexibility index (Phi) is 4.02. The van der Waals surface area contributed by atoms with Crippen molar-refractivity contribution in [2.75, 3.05) is 6.61 Å². The molecule has 92 valence electrons. The molecule has 0 bridgehead atoms. The van der Waals surface area contributed by atoms with E-state index in [1.807, 2.05) is 12.1 Å². The van der Waals surface area contributed by atoms with Gasteiger partial charge in [0.05, 0.1) is 13.0 Å². The Morgan fingerprint density at radius 1 is 1.35 bits per heavy atom. The minimum absolute atomic E-state index is 0.0493. The van der Waals surface area contributed by atoms with Crippen LogP contribution in [0, 0.1) is 0 Å². The van der Waals surface area contributed by atoms with E-state index in [1.54, 1.807) is 0 Å². The quantitative estimate of drug-likeness (QED) is 0.851. The average molecular weight is 234 g/mol. The summed E-state index contributed by atoms with van der Waals surface area (Å²) >= 11 is 0. The predicted molar refractivity (Wildman–Crippen MR) is 65.4 cm³/mol. The van der Waals surface area contributed by atoms with Crippen molar-refractivity contribution in [2.45, 2.75) is 38.0 Å². The van der Waals surface area contributed by atoms with Crippen LogP contribution in [-0.4, -0.2) is 17.7 Å². The van der Waals surface area contributed by atoms with Crippen molar-refractivity contribution in [2.24, 2.45) is 0 Å². The molecule has 0 saturated heterocycles. The molecule has 0 aliphatic heterocycles. The van der Waals surface area contributed by atoms with Crippen LogP contribution in [-0.2, 0) is 4.79 Å². The van der Waals surface area contributed by atoms with Crippen molar-refractivity contribution in [3.05, 3.63) is 29.8 Å². The number of hydrogen-bond donors (Lipinski definition) is 1. The highest BCUT2D eigenvalue weighted by molar-refractivity contribution is 5.66. The SMILES string of the molecule is O=C(O)CCOc1cccc(C2CCCC2)c1. The molecule has 0 amide bonds. The molecule has 0 unspecified atom stereocenters. The van der Waals surface area contributed by atoms with Crippen molar-refractivity contribution >= 4 is 5.97 Å². The zero-order valence-corrected chi connectivity index (χ0v) is 9.89. The summed E-state index contributed by atoms with van der Waals surface area (Å²) in [7, 11) is 0. The molecule has 1 aromatic carbocycles. The van der Waals surface area contributed by atoms with Crippen LogP contribution < -0.4 is 4.74 Å². The monoisotopic (exact) mass is 234 g/mol. The predicted octanol–water partition coefficient (Wildman–Crippen LogP) is 3.20. The fraction of sp³-hybridized carbons (Fsp3) is 0.500. The number of carboxylic acids is 1. The Balaban J connectivity index is 1.93. The number of rotatable bonds is 5. The van der Waals surface area contributed by atoms with Crippen LogP contribution in [0.5, 0.6) is 5.75 Å². The molecule has 0 radical (unpaired) electrons. The molecule has 1 saturated carbocycles. The summed E-state index contributed by atoms with van der Waals surface area (Å²) in [6, 6.07) is 8.07. The molecule has 1 fully saturated rings. The first-order valence-corrected chi connectivity index (χ1v) is 6.20. The van der Waals surface area contributed by atoms with E-state index in [-0.39, 0.29) is 13.0 Å². The molecule has 1 aliphatic carbocycles. The molecule has 0 atom stereocenters. The molecule has 0 heterocycles. The molecule has 2 rings (SSSR count). The summed E-state index contributed by atoms with van der Waals surface area (Å²) in [5.41, 5.74) is 1.33. The molecule has 1 aromatic rings. The van der Waals surface area contributed by atoms with Gasteiger partial charge in [0, 0.05) is 0 Å². The summed E-state index contributed by atoms with van der Waals surface area (Å²) in [4.78, 5) is 10.4. The molecular weight excluding hydrogens is 216 g/mol. The van der Waals surface area contributed by atoms with Gasteiger partial charge in [-0.25, -0.2) is 0 Å². The molecule has 1 aliphatic rings. The average Bonchev–Trinajstić information content (AvgIpc) is 2.82. The zero-order chi connectivity index (χ0) is 12.1. The zero-order valence-electron chi connectivity index (χ0n) is 9.89. The van der Waals surface area contributed by atoms with E-state index in [4.69, 9.17) is 9.84 Å². The Labute approximate surface area is 101 Å². The van der Waals surface area contributed by atoms with Gasteiger partial charge in [-0.05, 0) is 36.5 Å². The number of carboxylic acid groups (broad SMARTS) is 1. The van der Waals surface area contributed by atoms with E-state index in [0.29, 0.717) is 5.92 Å². The van der Waals surface area contributed by atoms with Crippen LogP contribution in [0.1, 0.15) is 43.6 Å². The Hall–Kier alpha value is -1.51. The van der Waals surface area contributed by atoms with Gasteiger partial charge in [-0.3, -0.25) is 4.79 Å². The lowest BCUT2D eigenvalue weighted by molar-refractivity contribution is -0.137. The maximum Gasteiger partial charge on any atom is 0.306 e. The van der Waals surface area contributed by atoms with Gasteiger partial charge in [-0.1, -0.05) is 25.0 Å². The largest absolute Gasteiger partial charge is 0.493 e. The maximum absolute atomic E-state index is 10.4. The van der Waals surface area contributed by atoms with Crippen molar-refractivity contribution in [3.63, 3.8) is 0 Å². The molecular formula is C14H18O3. The molecule has 0 aromatic heterocycles. The van der Waals surface area contributed by atoms with E-state index in [1.165, 1.54) is 31.2 Å². The first-order chi connectivity index (χ1) is 8.25. The first-order valence-electron chi connectivity index (χ1n) is 6.20. The highest BCUT2D eigenvalue weighted by atomic mass is 16.5. The van der Waals surface area contributed by atoms with Gasteiger partial charge in [0.15, 0.2) is 0 Å². The van der Waals surface area contributed by atoms with Crippen molar-refractivity contribution in [1.82, 2.24) is 0 Å². The number of aliphatic carboxylic acids is 1.